The summed E-state index contributed by atoms with van der Waals surface area (Å²) >= 11 is 0. The van der Waals surface area contributed by atoms with Gasteiger partial charge in [0.2, 0.25) is 0 Å². The summed E-state index contributed by atoms with van der Waals surface area (Å²) in [5.41, 5.74) is 14.7. The smallest absolute Gasteiger partial charge is 0.150 e. The van der Waals surface area contributed by atoms with Gasteiger partial charge in [0, 0.05) is 33.1 Å². The maximum atomic E-state index is 12.1. The van der Waals surface area contributed by atoms with Crippen LogP contribution in [-0.2, 0) is 32.5 Å². The molecular formula is C50H64O4. The van der Waals surface area contributed by atoms with Crippen LogP contribution >= 0.6 is 0 Å². The van der Waals surface area contributed by atoms with E-state index in [9.17, 15) is 19.8 Å². The fourth-order valence-electron chi connectivity index (χ4n) is 12.0. The van der Waals surface area contributed by atoms with Gasteiger partial charge in [0.15, 0.2) is 0 Å². The number of phenolic OH excluding ortho intramolecular Hbond substituents is 2. The minimum Gasteiger partial charge on any atom is -0.508 e. The lowest BCUT2D eigenvalue weighted by atomic mass is 9.70. The summed E-state index contributed by atoms with van der Waals surface area (Å²) in [4.78, 5) is 24.2. The zero-order valence-electron chi connectivity index (χ0n) is 33.3. The number of aromatic hydroxyl groups is 2. The van der Waals surface area contributed by atoms with Gasteiger partial charge in [-0.1, -0.05) is 106 Å². The van der Waals surface area contributed by atoms with E-state index >= 15 is 0 Å². The second-order valence-electron chi connectivity index (χ2n) is 19.6. The molecule has 4 aliphatic rings. The SMILES string of the molecule is C.C.Cc1cc(C=O)c2c(c1)C(C)(C)CC21CC(C)(C)c2cc(C)cc(C=O)c21.Cc1cc(O)c2c(c1)C(C)(C)CC21CC(C)(C)c2cc(C)cc(O)c21. The second kappa shape index (κ2) is 12.7. The average Bonchev–Trinajstić information content (AvgIpc) is 3.56. The van der Waals surface area contributed by atoms with Gasteiger partial charge in [0.1, 0.15) is 24.1 Å². The topological polar surface area (TPSA) is 74.6 Å². The molecule has 4 aliphatic carbocycles. The molecule has 0 atom stereocenters. The molecule has 4 aromatic rings. The molecule has 2 spiro atoms. The summed E-state index contributed by atoms with van der Waals surface area (Å²) in [6.07, 6.45) is 5.71. The Kier molecular flexibility index (Phi) is 9.63. The standard InChI is InChI=1S/C25H28O2.C23H28O2.2CH4/c1-15-7-17(11-26)21-19(9-15)23(3,4)13-25(21)14-24(5,6)20-10-16(2)8-18(12-27)22(20)25;1-13-7-15-19(17(24)9-13)23(11-21(15,3)4)12-22(5,6)16-8-14(2)10-18(25)20(16)23;;/h7-12H,13-14H2,1-6H3;7-10,24-25H,11-12H2,1-6H3;2*1H4. The summed E-state index contributed by atoms with van der Waals surface area (Å²) in [7, 11) is 0. The highest BCUT2D eigenvalue weighted by Crippen LogP contribution is 2.67. The van der Waals surface area contributed by atoms with Crippen LogP contribution in [0.1, 0.15) is 183 Å². The first-order chi connectivity index (χ1) is 24.0. The number of fused-ring (bicyclic) bond motifs is 8. The summed E-state index contributed by atoms with van der Waals surface area (Å²) in [6, 6.07) is 16.7. The number of aldehydes is 2. The summed E-state index contributed by atoms with van der Waals surface area (Å²) < 4.78 is 0. The van der Waals surface area contributed by atoms with E-state index in [1.807, 2.05) is 38.1 Å². The first-order valence-electron chi connectivity index (χ1n) is 18.9. The van der Waals surface area contributed by atoms with Gasteiger partial charge in [-0.15, -0.1) is 0 Å². The molecule has 54 heavy (non-hydrogen) atoms. The molecule has 2 N–H and O–H groups in total. The molecule has 4 heteroatoms. The van der Waals surface area contributed by atoms with Crippen molar-refractivity contribution in [2.24, 2.45) is 0 Å². The van der Waals surface area contributed by atoms with E-state index in [0.717, 1.165) is 93.9 Å². The molecule has 0 aromatic heterocycles. The lowest BCUT2D eigenvalue weighted by Gasteiger charge is -2.32. The van der Waals surface area contributed by atoms with Gasteiger partial charge in [-0.2, -0.15) is 0 Å². The van der Waals surface area contributed by atoms with Crippen molar-refractivity contribution in [1.82, 2.24) is 0 Å². The van der Waals surface area contributed by atoms with Gasteiger partial charge in [0.25, 0.3) is 0 Å². The Morgan fingerprint density at radius 2 is 0.667 bits per heavy atom. The number of hydrogen-bond donors (Lipinski definition) is 2. The van der Waals surface area contributed by atoms with E-state index in [4.69, 9.17) is 0 Å². The normalized spacial score (nSPS) is 20.1. The zero-order chi connectivity index (χ0) is 38.1. The van der Waals surface area contributed by atoms with Crippen LogP contribution in [0.4, 0.5) is 0 Å². The number of carbonyl (C=O) groups is 2. The first kappa shape index (κ1) is 41.0. The molecule has 0 aliphatic heterocycles. The maximum absolute atomic E-state index is 12.1. The zero-order valence-corrected chi connectivity index (χ0v) is 33.3. The summed E-state index contributed by atoms with van der Waals surface area (Å²) in [5, 5.41) is 21.9. The van der Waals surface area contributed by atoms with Crippen molar-refractivity contribution in [2.45, 2.75) is 156 Å². The van der Waals surface area contributed by atoms with Crippen molar-refractivity contribution in [1.29, 1.82) is 0 Å². The van der Waals surface area contributed by atoms with Gasteiger partial charge >= 0.3 is 0 Å². The quantitative estimate of drug-likeness (QED) is 0.202. The van der Waals surface area contributed by atoms with Crippen LogP contribution in [0.5, 0.6) is 11.5 Å². The van der Waals surface area contributed by atoms with Gasteiger partial charge in [0.05, 0.1) is 0 Å². The predicted octanol–water partition coefficient (Wildman–Crippen LogP) is 12.2. The van der Waals surface area contributed by atoms with Gasteiger partial charge in [-0.05, 0) is 144 Å². The van der Waals surface area contributed by atoms with Gasteiger partial charge in [-0.25, -0.2) is 0 Å². The molecule has 288 valence electrons. The van der Waals surface area contributed by atoms with Gasteiger partial charge in [-0.3, -0.25) is 9.59 Å². The number of benzene rings is 4. The molecule has 0 bridgehead atoms. The molecule has 0 radical (unpaired) electrons. The van der Waals surface area contributed by atoms with E-state index < -0.39 is 0 Å². The van der Waals surface area contributed by atoms with Crippen molar-refractivity contribution in [3.8, 4) is 11.5 Å². The monoisotopic (exact) mass is 728 g/mol. The third-order valence-corrected chi connectivity index (χ3v) is 13.2. The Morgan fingerprint density at radius 3 is 0.944 bits per heavy atom. The highest BCUT2D eigenvalue weighted by molar-refractivity contribution is 5.86. The highest BCUT2D eigenvalue weighted by Gasteiger charge is 2.60. The largest absolute Gasteiger partial charge is 0.508 e. The Hall–Kier alpha value is -4.18. The fourth-order valence-corrected chi connectivity index (χ4v) is 12.0. The van der Waals surface area contributed by atoms with Crippen LogP contribution in [0.25, 0.3) is 0 Å². The molecule has 0 amide bonds. The molecule has 0 saturated carbocycles. The summed E-state index contributed by atoms with van der Waals surface area (Å²) in [6.45, 7) is 26.3. The van der Waals surface area contributed by atoms with Crippen molar-refractivity contribution in [3.05, 3.63) is 126 Å². The van der Waals surface area contributed by atoms with Crippen LogP contribution in [0.3, 0.4) is 0 Å². The average molecular weight is 729 g/mol. The molecule has 0 unspecified atom stereocenters. The Labute approximate surface area is 325 Å². The number of aryl methyl sites for hydroxylation is 4. The molecule has 0 fully saturated rings. The van der Waals surface area contributed by atoms with Crippen LogP contribution in [0.2, 0.25) is 0 Å². The second-order valence-corrected chi connectivity index (χ2v) is 19.6. The van der Waals surface area contributed by atoms with Crippen molar-refractivity contribution >= 4 is 12.6 Å². The Bertz CT molecular complexity index is 2050. The third-order valence-electron chi connectivity index (χ3n) is 13.2. The molecule has 0 saturated heterocycles. The van der Waals surface area contributed by atoms with Crippen LogP contribution in [-0.4, -0.2) is 22.8 Å². The Morgan fingerprint density at radius 1 is 0.426 bits per heavy atom. The maximum Gasteiger partial charge on any atom is 0.150 e. The van der Waals surface area contributed by atoms with Gasteiger partial charge < -0.3 is 10.2 Å². The third kappa shape index (κ3) is 5.68. The van der Waals surface area contributed by atoms with Crippen molar-refractivity contribution < 1.29 is 19.8 Å². The van der Waals surface area contributed by atoms with E-state index in [1.165, 1.54) is 22.3 Å². The van der Waals surface area contributed by atoms with Crippen LogP contribution in [0, 0.1) is 27.7 Å². The highest BCUT2D eigenvalue weighted by atomic mass is 16.3. The minimum absolute atomic E-state index is 0. The number of phenols is 2. The molecular weight excluding hydrogens is 665 g/mol. The molecule has 4 nitrogen and oxygen atoms in total. The summed E-state index contributed by atoms with van der Waals surface area (Å²) in [5.74, 6) is 0.758. The van der Waals surface area contributed by atoms with E-state index in [0.29, 0.717) is 11.5 Å². The fraction of sp³-hybridized carbons (Fsp3) is 0.480. The Balaban J connectivity index is 0.000000201. The number of rotatable bonds is 2. The van der Waals surface area contributed by atoms with E-state index in [-0.39, 0.29) is 47.3 Å². The number of hydrogen-bond acceptors (Lipinski definition) is 4. The lowest BCUT2D eigenvalue weighted by Crippen LogP contribution is -2.28. The van der Waals surface area contributed by atoms with Crippen LogP contribution in [0.15, 0.2) is 48.5 Å². The van der Waals surface area contributed by atoms with Crippen molar-refractivity contribution in [2.75, 3.05) is 0 Å². The lowest BCUT2D eigenvalue weighted by molar-refractivity contribution is 0.111. The molecule has 0 heterocycles. The van der Waals surface area contributed by atoms with Crippen molar-refractivity contribution in [3.63, 3.8) is 0 Å². The first-order valence-corrected chi connectivity index (χ1v) is 18.9. The molecule has 8 rings (SSSR count). The van der Waals surface area contributed by atoms with E-state index in [2.05, 4.69) is 93.5 Å². The van der Waals surface area contributed by atoms with E-state index in [1.54, 1.807) is 0 Å². The van der Waals surface area contributed by atoms with Crippen LogP contribution < -0.4 is 0 Å². The number of carbonyl (C=O) groups excluding carboxylic acids is 2. The minimum atomic E-state index is -0.312. The predicted molar refractivity (Wildman–Crippen MR) is 224 cm³/mol. The molecule has 4 aromatic carbocycles.